The van der Waals surface area contributed by atoms with E-state index in [9.17, 15) is 9.18 Å². The van der Waals surface area contributed by atoms with Crippen LogP contribution in [0.25, 0.3) is 0 Å². The van der Waals surface area contributed by atoms with Crippen LogP contribution >= 0.6 is 15.9 Å². The van der Waals surface area contributed by atoms with Crippen LogP contribution in [0, 0.1) is 5.82 Å². The van der Waals surface area contributed by atoms with E-state index in [4.69, 9.17) is 4.74 Å². The molecule has 1 aromatic rings. The normalized spacial score (nSPS) is 17.2. The zero-order chi connectivity index (χ0) is 15.0. The number of carbonyl (C=O) groups excluding carboxylic acids is 1. The Balaban J connectivity index is 2.20. The van der Waals surface area contributed by atoms with Crippen LogP contribution in [0.15, 0.2) is 16.7 Å². The van der Waals surface area contributed by atoms with Crippen molar-refractivity contribution in [2.24, 2.45) is 0 Å². The smallest absolute Gasteiger partial charge is 0.408 e. The summed E-state index contributed by atoms with van der Waals surface area (Å²) in [4.78, 5) is 16.1. The molecule has 1 N–H and O–H groups in total. The highest BCUT2D eigenvalue weighted by molar-refractivity contribution is 9.10. The predicted molar refractivity (Wildman–Crippen MR) is 76.8 cm³/mol. The molecule has 1 saturated carbocycles. The first kappa shape index (κ1) is 15.2. The van der Waals surface area contributed by atoms with Gasteiger partial charge in [-0.05, 0) is 62.0 Å². The molecule has 1 aliphatic rings. The Labute approximate surface area is 126 Å². The van der Waals surface area contributed by atoms with Crippen LogP contribution in [0.1, 0.15) is 45.7 Å². The van der Waals surface area contributed by atoms with Gasteiger partial charge in [-0.15, -0.1) is 0 Å². The predicted octanol–water partition coefficient (Wildman–Crippen LogP) is 3.89. The SMILES string of the molecule is CC(C)(C)OC(=O)NC1(c2ncc(Br)cc2F)CCC1. The first-order valence-electron chi connectivity index (χ1n) is 6.55. The zero-order valence-electron chi connectivity index (χ0n) is 11.8. The molecule has 0 aliphatic heterocycles. The largest absolute Gasteiger partial charge is 0.444 e. The molecule has 1 aromatic heterocycles. The van der Waals surface area contributed by atoms with E-state index in [1.165, 1.54) is 12.3 Å². The second-order valence-electron chi connectivity index (χ2n) is 6.05. The van der Waals surface area contributed by atoms with Gasteiger partial charge in [0.2, 0.25) is 0 Å². The van der Waals surface area contributed by atoms with E-state index in [0.29, 0.717) is 17.3 Å². The van der Waals surface area contributed by atoms with Crippen molar-refractivity contribution in [3.05, 3.63) is 28.2 Å². The van der Waals surface area contributed by atoms with Gasteiger partial charge >= 0.3 is 6.09 Å². The molecule has 0 spiro atoms. The van der Waals surface area contributed by atoms with Gasteiger partial charge in [0.1, 0.15) is 17.1 Å². The van der Waals surface area contributed by atoms with Gasteiger partial charge in [0.25, 0.3) is 0 Å². The van der Waals surface area contributed by atoms with Crippen molar-refractivity contribution in [1.82, 2.24) is 10.3 Å². The van der Waals surface area contributed by atoms with E-state index in [1.807, 2.05) is 0 Å². The van der Waals surface area contributed by atoms with Crippen LogP contribution in [-0.4, -0.2) is 16.7 Å². The van der Waals surface area contributed by atoms with Crippen molar-refractivity contribution < 1.29 is 13.9 Å². The lowest BCUT2D eigenvalue weighted by molar-refractivity contribution is 0.0366. The quantitative estimate of drug-likeness (QED) is 0.885. The zero-order valence-corrected chi connectivity index (χ0v) is 13.4. The molecule has 110 valence electrons. The molecule has 6 heteroatoms. The van der Waals surface area contributed by atoms with E-state index in [0.717, 1.165) is 6.42 Å². The van der Waals surface area contributed by atoms with Crippen LogP contribution in [0.2, 0.25) is 0 Å². The average molecular weight is 345 g/mol. The fraction of sp³-hybridized carbons (Fsp3) is 0.571. The Kier molecular flexibility index (Phi) is 4.04. The fourth-order valence-electron chi connectivity index (χ4n) is 2.22. The van der Waals surface area contributed by atoms with Crippen molar-refractivity contribution in [3.8, 4) is 0 Å². The molecule has 0 saturated heterocycles. The second-order valence-corrected chi connectivity index (χ2v) is 6.96. The maximum atomic E-state index is 14.1. The lowest BCUT2D eigenvalue weighted by Gasteiger charge is -2.42. The molecule has 0 unspecified atom stereocenters. The molecule has 0 radical (unpaired) electrons. The van der Waals surface area contributed by atoms with Gasteiger partial charge in [-0.25, -0.2) is 9.18 Å². The van der Waals surface area contributed by atoms with Crippen molar-refractivity contribution in [3.63, 3.8) is 0 Å². The molecule has 0 atom stereocenters. The molecule has 20 heavy (non-hydrogen) atoms. The summed E-state index contributed by atoms with van der Waals surface area (Å²) in [5.41, 5.74) is -1.05. The maximum absolute atomic E-state index is 14.1. The Morgan fingerprint density at radius 1 is 1.50 bits per heavy atom. The van der Waals surface area contributed by atoms with Gasteiger partial charge in [-0.1, -0.05) is 0 Å². The highest BCUT2D eigenvalue weighted by Gasteiger charge is 2.44. The molecule has 1 heterocycles. The number of hydrogen-bond donors (Lipinski definition) is 1. The number of nitrogens with zero attached hydrogens (tertiary/aromatic N) is 1. The van der Waals surface area contributed by atoms with Gasteiger partial charge < -0.3 is 10.1 Å². The van der Waals surface area contributed by atoms with Crippen LogP contribution < -0.4 is 5.32 Å². The first-order chi connectivity index (χ1) is 9.22. The maximum Gasteiger partial charge on any atom is 0.408 e. The fourth-order valence-corrected chi connectivity index (χ4v) is 2.52. The van der Waals surface area contributed by atoms with Gasteiger partial charge in [0.15, 0.2) is 0 Å². The Morgan fingerprint density at radius 2 is 2.15 bits per heavy atom. The molecule has 0 aromatic carbocycles. The number of amides is 1. The van der Waals surface area contributed by atoms with Crippen molar-refractivity contribution >= 4 is 22.0 Å². The third-order valence-corrected chi connectivity index (χ3v) is 3.64. The molecule has 0 bridgehead atoms. The number of rotatable bonds is 2. The van der Waals surface area contributed by atoms with Gasteiger partial charge in [0, 0.05) is 10.7 Å². The summed E-state index contributed by atoms with van der Waals surface area (Å²) in [5, 5.41) is 2.78. The van der Waals surface area contributed by atoms with Crippen molar-refractivity contribution in [2.45, 2.75) is 51.2 Å². The van der Waals surface area contributed by atoms with Gasteiger partial charge in [0.05, 0.1) is 5.54 Å². The average Bonchev–Trinajstić information content (AvgIpc) is 2.21. The number of nitrogens with one attached hydrogen (secondary N) is 1. The van der Waals surface area contributed by atoms with Crippen LogP contribution in [0.5, 0.6) is 0 Å². The number of halogens is 2. The second kappa shape index (κ2) is 5.31. The third-order valence-electron chi connectivity index (χ3n) is 3.21. The number of pyridine rings is 1. The molecular weight excluding hydrogens is 327 g/mol. The molecular formula is C14H18BrFN2O2. The van der Waals surface area contributed by atoms with E-state index in [2.05, 4.69) is 26.2 Å². The van der Waals surface area contributed by atoms with Gasteiger partial charge in [-0.3, -0.25) is 4.98 Å². The monoisotopic (exact) mass is 344 g/mol. The highest BCUT2D eigenvalue weighted by atomic mass is 79.9. The van der Waals surface area contributed by atoms with Crippen molar-refractivity contribution in [1.29, 1.82) is 0 Å². The van der Waals surface area contributed by atoms with Gasteiger partial charge in [-0.2, -0.15) is 0 Å². The van der Waals surface area contributed by atoms with E-state index < -0.39 is 23.1 Å². The molecule has 4 nitrogen and oxygen atoms in total. The number of carbonyl (C=O) groups is 1. The Hall–Kier alpha value is -1.17. The first-order valence-corrected chi connectivity index (χ1v) is 7.34. The minimum atomic E-state index is -0.743. The summed E-state index contributed by atoms with van der Waals surface area (Å²) in [6, 6.07) is 1.36. The number of aromatic nitrogens is 1. The summed E-state index contributed by atoms with van der Waals surface area (Å²) in [5.74, 6) is -0.421. The number of alkyl carbamates (subject to hydrolysis) is 1. The highest BCUT2D eigenvalue weighted by Crippen LogP contribution is 2.41. The summed E-state index contributed by atoms with van der Waals surface area (Å²) in [6.45, 7) is 5.37. The minimum absolute atomic E-state index is 0.276. The third kappa shape index (κ3) is 3.29. The van der Waals surface area contributed by atoms with E-state index in [-0.39, 0.29) is 5.69 Å². The standard InChI is InChI=1S/C14H18BrFN2O2/c1-13(2,3)20-12(19)18-14(5-4-6-14)11-10(16)7-9(15)8-17-11/h7-8H,4-6H2,1-3H3,(H,18,19). The van der Waals surface area contributed by atoms with Crippen LogP contribution in [0.3, 0.4) is 0 Å². The Morgan fingerprint density at radius 3 is 2.60 bits per heavy atom. The topological polar surface area (TPSA) is 51.2 Å². The lowest BCUT2D eigenvalue weighted by atomic mass is 9.74. The van der Waals surface area contributed by atoms with E-state index >= 15 is 0 Å². The van der Waals surface area contributed by atoms with Crippen LogP contribution in [0.4, 0.5) is 9.18 Å². The summed E-state index contributed by atoms with van der Waals surface area (Å²) in [6.07, 6.45) is 3.25. The Bertz CT molecular complexity index is 524. The van der Waals surface area contributed by atoms with Crippen LogP contribution in [-0.2, 0) is 10.3 Å². The summed E-state index contributed by atoms with van der Waals surface area (Å²) in [7, 11) is 0. The molecule has 2 rings (SSSR count). The lowest BCUT2D eigenvalue weighted by Crippen LogP contribution is -2.53. The summed E-state index contributed by atoms with van der Waals surface area (Å²) < 4.78 is 19.9. The molecule has 1 aliphatic carbocycles. The number of ether oxygens (including phenoxy) is 1. The van der Waals surface area contributed by atoms with Crippen molar-refractivity contribution in [2.75, 3.05) is 0 Å². The summed E-state index contributed by atoms with van der Waals surface area (Å²) >= 11 is 3.18. The minimum Gasteiger partial charge on any atom is -0.444 e. The molecule has 1 fully saturated rings. The van der Waals surface area contributed by atoms with E-state index in [1.54, 1.807) is 20.8 Å². The molecule has 1 amide bonds. The number of hydrogen-bond acceptors (Lipinski definition) is 3.